The predicted molar refractivity (Wildman–Crippen MR) is 53.2 cm³/mol. The Labute approximate surface area is 78.5 Å². The summed E-state index contributed by atoms with van der Waals surface area (Å²) in [6.45, 7) is 0. The average Bonchev–Trinajstić information content (AvgIpc) is 2.05. The van der Waals surface area contributed by atoms with Crippen LogP contribution in [0.1, 0.15) is 18.4 Å². The number of hydrogen-bond acceptors (Lipinski definition) is 1. The second-order valence-corrected chi connectivity index (χ2v) is 3.45. The summed E-state index contributed by atoms with van der Waals surface area (Å²) in [6.07, 6.45) is 3.02. The molecule has 1 atom stereocenters. The second kappa shape index (κ2) is 5.18. The van der Waals surface area contributed by atoms with Crippen molar-refractivity contribution < 1.29 is 0 Å². The predicted octanol–water partition coefficient (Wildman–Crippen LogP) is 2.53. The average molecular weight is 184 g/mol. The highest BCUT2D eigenvalue weighted by Gasteiger charge is 1.96. The van der Waals surface area contributed by atoms with Crippen LogP contribution < -0.4 is 5.73 Å². The van der Waals surface area contributed by atoms with E-state index in [9.17, 15) is 0 Å². The van der Waals surface area contributed by atoms with Crippen LogP contribution in [0.2, 0.25) is 0 Å². The normalized spacial score (nSPS) is 12.8. The van der Waals surface area contributed by atoms with Crippen LogP contribution in [0.5, 0.6) is 0 Å². The molecule has 0 bridgehead atoms. The van der Waals surface area contributed by atoms with E-state index in [-0.39, 0.29) is 5.50 Å². The molecule has 0 spiro atoms. The van der Waals surface area contributed by atoms with Gasteiger partial charge in [-0.2, -0.15) is 0 Å². The van der Waals surface area contributed by atoms with Crippen LogP contribution in [0.3, 0.4) is 0 Å². The van der Waals surface area contributed by atoms with Crippen molar-refractivity contribution in [3.63, 3.8) is 0 Å². The molecule has 12 heavy (non-hydrogen) atoms. The highest BCUT2D eigenvalue weighted by atomic mass is 35.5. The molecule has 0 radical (unpaired) electrons. The molecule has 0 fully saturated rings. The highest BCUT2D eigenvalue weighted by Crippen LogP contribution is 2.06. The summed E-state index contributed by atoms with van der Waals surface area (Å²) < 4.78 is 0. The smallest absolute Gasteiger partial charge is 0.0800 e. The quantitative estimate of drug-likeness (QED) is 0.564. The maximum absolute atomic E-state index is 5.62. The molecular weight excluding hydrogens is 170 g/mol. The summed E-state index contributed by atoms with van der Waals surface area (Å²) in [5.74, 6) is 0. The number of rotatable bonds is 4. The Morgan fingerprint density at radius 3 is 2.50 bits per heavy atom. The van der Waals surface area contributed by atoms with Gasteiger partial charge < -0.3 is 5.73 Å². The number of nitrogens with two attached hydrogens (primary N) is 1. The molecule has 1 aromatic rings. The minimum atomic E-state index is -0.186. The van der Waals surface area contributed by atoms with Crippen molar-refractivity contribution in [2.75, 3.05) is 0 Å². The van der Waals surface area contributed by atoms with E-state index in [4.69, 9.17) is 17.3 Å². The van der Waals surface area contributed by atoms with E-state index in [1.54, 1.807) is 0 Å². The first kappa shape index (κ1) is 9.56. The van der Waals surface area contributed by atoms with Crippen molar-refractivity contribution in [1.82, 2.24) is 0 Å². The van der Waals surface area contributed by atoms with Crippen molar-refractivity contribution in [2.24, 2.45) is 5.73 Å². The molecule has 0 amide bonds. The van der Waals surface area contributed by atoms with Crippen LogP contribution in [0.4, 0.5) is 0 Å². The first-order valence-corrected chi connectivity index (χ1v) is 4.66. The summed E-state index contributed by atoms with van der Waals surface area (Å²) in [7, 11) is 0. The molecule has 0 aliphatic carbocycles. The van der Waals surface area contributed by atoms with E-state index < -0.39 is 0 Å². The van der Waals surface area contributed by atoms with E-state index in [1.807, 2.05) is 6.07 Å². The van der Waals surface area contributed by atoms with Gasteiger partial charge in [-0.25, -0.2) is 0 Å². The first-order valence-electron chi connectivity index (χ1n) is 4.22. The summed E-state index contributed by atoms with van der Waals surface area (Å²) in [4.78, 5) is 0. The molecule has 2 N–H and O–H groups in total. The van der Waals surface area contributed by atoms with Gasteiger partial charge in [0.1, 0.15) is 0 Å². The molecule has 2 heteroatoms. The minimum Gasteiger partial charge on any atom is -0.315 e. The van der Waals surface area contributed by atoms with Crippen molar-refractivity contribution in [1.29, 1.82) is 0 Å². The Hall–Kier alpha value is -0.530. The largest absolute Gasteiger partial charge is 0.315 e. The molecule has 1 nitrogen and oxygen atoms in total. The molecule has 66 valence electrons. The van der Waals surface area contributed by atoms with Crippen molar-refractivity contribution >= 4 is 11.6 Å². The maximum atomic E-state index is 5.62. The molecule has 0 saturated carbocycles. The standard InChI is InChI=1S/C10H14ClN/c11-10(12)8-4-7-9-5-2-1-3-6-9/h1-3,5-6,10H,4,7-8,12H2. The topological polar surface area (TPSA) is 26.0 Å². The fraction of sp³-hybridized carbons (Fsp3) is 0.400. The van der Waals surface area contributed by atoms with E-state index in [1.165, 1.54) is 5.56 Å². The van der Waals surface area contributed by atoms with E-state index in [0.717, 1.165) is 19.3 Å². The lowest BCUT2D eigenvalue weighted by Crippen LogP contribution is -2.11. The zero-order chi connectivity index (χ0) is 8.81. The minimum absolute atomic E-state index is 0.186. The van der Waals surface area contributed by atoms with Gasteiger partial charge >= 0.3 is 0 Å². The van der Waals surface area contributed by atoms with Crippen LogP contribution >= 0.6 is 11.6 Å². The van der Waals surface area contributed by atoms with Gasteiger partial charge in [0, 0.05) is 0 Å². The lowest BCUT2D eigenvalue weighted by atomic mass is 10.1. The van der Waals surface area contributed by atoms with Crippen LogP contribution in [-0.4, -0.2) is 5.50 Å². The molecule has 1 unspecified atom stereocenters. The number of benzene rings is 1. The Kier molecular flexibility index (Phi) is 4.12. The van der Waals surface area contributed by atoms with Crippen molar-refractivity contribution in [2.45, 2.75) is 24.8 Å². The number of aryl methyl sites for hydroxylation is 1. The second-order valence-electron chi connectivity index (χ2n) is 2.89. The molecule has 1 rings (SSSR count). The third-order valence-electron chi connectivity index (χ3n) is 1.79. The molecule has 0 aliphatic heterocycles. The van der Waals surface area contributed by atoms with E-state index in [0.29, 0.717) is 0 Å². The van der Waals surface area contributed by atoms with Gasteiger partial charge in [0.25, 0.3) is 0 Å². The van der Waals surface area contributed by atoms with Crippen molar-refractivity contribution in [3.8, 4) is 0 Å². The summed E-state index contributed by atoms with van der Waals surface area (Å²) in [6, 6.07) is 10.4. The van der Waals surface area contributed by atoms with Crippen molar-refractivity contribution in [3.05, 3.63) is 35.9 Å². The molecule has 0 aliphatic rings. The SMILES string of the molecule is NC(Cl)CCCc1ccccc1. The van der Waals surface area contributed by atoms with Gasteiger partial charge in [-0.3, -0.25) is 0 Å². The zero-order valence-corrected chi connectivity index (χ0v) is 7.80. The third kappa shape index (κ3) is 3.74. The lowest BCUT2D eigenvalue weighted by molar-refractivity contribution is 0.707. The highest BCUT2D eigenvalue weighted by molar-refractivity contribution is 6.20. The van der Waals surface area contributed by atoms with Crippen LogP contribution in [0, 0.1) is 0 Å². The summed E-state index contributed by atoms with van der Waals surface area (Å²) in [5.41, 5.74) is 6.59. The van der Waals surface area contributed by atoms with Gasteiger partial charge in [-0.05, 0) is 24.8 Å². The summed E-state index contributed by atoms with van der Waals surface area (Å²) >= 11 is 5.62. The van der Waals surface area contributed by atoms with Gasteiger partial charge in [-0.15, -0.1) is 11.6 Å². The summed E-state index contributed by atoms with van der Waals surface area (Å²) in [5, 5.41) is 0. The van der Waals surface area contributed by atoms with Gasteiger partial charge in [-0.1, -0.05) is 30.3 Å². The molecule has 0 aromatic heterocycles. The molecule has 0 heterocycles. The van der Waals surface area contributed by atoms with Gasteiger partial charge in [0.2, 0.25) is 0 Å². The number of halogens is 1. The maximum Gasteiger partial charge on any atom is 0.0800 e. The fourth-order valence-electron chi connectivity index (χ4n) is 1.15. The Bertz CT molecular complexity index is 208. The third-order valence-corrected chi connectivity index (χ3v) is 2.01. The molecular formula is C10H14ClN. The van der Waals surface area contributed by atoms with Gasteiger partial charge in [0.05, 0.1) is 5.50 Å². The van der Waals surface area contributed by atoms with Crippen LogP contribution in [0.25, 0.3) is 0 Å². The Balaban J connectivity index is 2.25. The zero-order valence-electron chi connectivity index (χ0n) is 7.04. The monoisotopic (exact) mass is 183 g/mol. The fourth-order valence-corrected chi connectivity index (χ4v) is 1.30. The van der Waals surface area contributed by atoms with E-state index in [2.05, 4.69) is 24.3 Å². The Morgan fingerprint density at radius 1 is 1.25 bits per heavy atom. The number of alkyl halides is 1. The van der Waals surface area contributed by atoms with E-state index >= 15 is 0 Å². The van der Waals surface area contributed by atoms with Crippen LogP contribution in [0.15, 0.2) is 30.3 Å². The molecule has 0 saturated heterocycles. The van der Waals surface area contributed by atoms with Crippen LogP contribution in [-0.2, 0) is 6.42 Å². The van der Waals surface area contributed by atoms with Gasteiger partial charge in [0.15, 0.2) is 0 Å². The number of hydrogen-bond donors (Lipinski definition) is 1. The first-order chi connectivity index (χ1) is 5.79. The lowest BCUT2D eigenvalue weighted by Gasteiger charge is -2.02. The Morgan fingerprint density at radius 2 is 1.92 bits per heavy atom. The molecule has 1 aromatic carbocycles.